The zero-order valence-corrected chi connectivity index (χ0v) is 20.6. The number of pyridine rings is 1. The number of ether oxygens (including phenoxy) is 1. The Kier molecular flexibility index (Phi) is 7.40. The van der Waals surface area contributed by atoms with Crippen molar-refractivity contribution in [2.75, 3.05) is 40.3 Å². The van der Waals surface area contributed by atoms with Gasteiger partial charge in [0.1, 0.15) is 11.1 Å². The van der Waals surface area contributed by atoms with E-state index in [4.69, 9.17) is 4.74 Å². The van der Waals surface area contributed by atoms with Crippen LogP contribution in [-0.2, 0) is 4.79 Å². The molecule has 34 heavy (non-hydrogen) atoms. The maximum absolute atomic E-state index is 13.7. The molecule has 9 nitrogen and oxygen atoms in total. The second-order valence-corrected chi connectivity index (χ2v) is 9.80. The van der Waals surface area contributed by atoms with E-state index < -0.39 is 5.54 Å². The molecule has 4 heterocycles. The van der Waals surface area contributed by atoms with Crippen molar-refractivity contribution in [1.82, 2.24) is 25.0 Å². The van der Waals surface area contributed by atoms with Crippen molar-refractivity contribution in [1.29, 1.82) is 0 Å². The lowest BCUT2D eigenvalue weighted by Gasteiger charge is -2.41. The van der Waals surface area contributed by atoms with Gasteiger partial charge in [-0.15, -0.1) is 0 Å². The van der Waals surface area contributed by atoms with Gasteiger partial charge in [-0.1, -0.05) is 13.3 Å². The summed E-state index contributed by atoms with van der Waals surface area (Å²) in [6, 6.07) is 3.61. The Morgan fingerprint density at radius 2 is 2.00 bits per heavy atom. The fourth-order valence-electron chi connectivity index (χ4n) is 5.98. The van der Waals surface area contributed by atoms with Crippen molar-refractivity contribution in [3.8, 4) is 5.88 Å². The number of carbonyl (C=O) groups excluding carboxylic acids is 3. The Hall–Kier alpha value is -2.68. The highest BCUT2D eigenvalue weighted by molar-refractivity contribution is 6.07. The molecular weight excluding hydrogens is 434 g/mol. The maximum Gasteiger partial charge on any atom is 0.325 e. The fourth-order valence-corrected chi connectivity index (χ4v) is 5.98. The van der Waals surface area contributed by atoms with Crippen LogP contribution in [0.2, 0.25) is 0 Å². The lowest BCUT2D eigenvalue weighted by Crippen LogP contribution is -2.56. The molecule has 4 rings (SSSR count). The summed E-state index contributed by atoms with van der Waals surface area (Å²) >= 11 is 0. The molecule has 1 N–H and O–H groups in total. The number of hydrogen-bond acceptors (Lipinski definition) is 6. The quantitative estimate of drug-likeness (QED) is 0.586. The van der Waals surface area contributed by atoms with Crippen LogP contribution < -0.4 is 10.1 Å². The highest BCUT2D eigenvalue weighted by atomic mass is 16.5. The Labute approximate surface area is 201 Å². The molecule has 3 aliphatic heterocycles. The number of urea groups is 1. The average molecular weight is 472 g/mol. The van der Waals surface area contributed by atoms with Crippen molar-refractivity contribution in [3.05, 3.63) is 23.9 Å². The van der Waals surface area contributed by atoms with Crippen LogP contribution in [0.4, 0.5) is 4.79 Å². The van der Waals surface area contributed by atoms with Crippen LogP contribution in [0.1, 0.15) is 62.2 Å². The monoisotopic (exact) mass is 471 g/mol. The van der Waals surface area contributed by atoms with Gasteiger partial charge >= 0.3 is 6.03 Å². The van der Waals surface area contributed by atoms with Gasteiger partial charge in [0.05, 0.1) is 7.11 Å². The summed E-state index contributed by atoms with van der Waals surface area (Å²) in [5, 5.41) is 3.11. The number of carbonyl (C=O) groups is 3. The number of imide groups is 1. The summed E-state index contributed by atoms with van der Waals surface area (Å²) in [5.41, 5.74) is -0.422. The normalized spacial score (nSPS) is 26.3. The lowest BCUT2D eigenvalue weighted by atomic mass is 9.74. The maximum atomic E-state index is 13.7. The summed E-state index contributed by atoms with van der Waals surface area (Å²) in [5.74, 6) is 0.123. The van der Waals surface area contributed by atoms with Crippen molar-refractivity contribution in [3.63, 3.8) is 0 Å². The van der Waals surface area contributed by atoms with E-state index in [1.807, 2.05) is 6.92 Å². The van der Waals surface area contributed by atoms with Crippen LogP contribution in [0.3, 0.4) is 0 Å². The second kappa shape index (κ2) is 10.3. The minimum atomic E-state index is -0.867. The third kappa shape index (κ3) is 4.50. The molecule has 186 valence electrons. The third-order valence-corrected chi connectivity index (χ3v) is 7.88. The number of likely N-dealkylation sites (tertiary alicyclic amines) is 2. The fraction of sp³-hybridized carbons (Fsp3) is 0.680. The summed E-state index contributed by atoms with van der Waals surface area (Å²) in [4.78, 5) is 49.4. The molecule has 0 unspecified atom stereocenters. The van der Waals surface area contributed by atoms with Gasteiger partial charge in [-0.2, -0.15) is 0 Å². The van der Waals surface area contributed by atoms with Crippen LogP contribution in [0, 0.1) is 5.92 Å². The summed E-state index contributed by atoms with van der Waals surface area (Å²) < 4.78 is 5.25. The largest absolute Gasteiger partial charge is 0.480 e. The van der Waals surface area contributed by atoms with Crippen molar-refractivity contribution in [2.45, 2.75) is 63.5 Å². The van der Waals surface area contributed by atoms with E-state index in [-0.39, 0.29) is 23.8 Å². The minimum absolute atomic E-state index is 0.00268. The standard InChI is InChI=1S/C25H37N5O4/c1-4-12-25(23(32)30(24(33)27-25)17-11-19-7-6-14-28(19)2)18-9-15-29(16-10-18)22(31)20-8-5-13-26-21(20)34-3/h5,8,13,18-19H,4,6-7,9-12,14-17H2,1-3H3,(H,27,33)/t19-,25-/m1/s1. The number of piperidine rings is 1. The van der Waals surface area contributed by atoms with Crippen molar-refractivity contribution >= 4 is 17.8 Å². The molecule has 0 aliphatic carbocycles. The van der Waals surface area contributed by atoms with E-state index in [9.17, 15) is 14.4 Å². The van der Waals surface area contributed by atoms with E-state index >= 15 is 0 Å². The smallest absolute Gasteiger partial charge is 0.325 e. The van der Waals surface area contributed by atoms with Crippen molar-refractivity contribution < 1.29 is 19.1 Å². The molecule has 0 spiro atoms. The zero-order valence-electron chi connectivity index (χ0n) is 20.6. The minimum Gasteiger partial charge on any atom is -0.480 e. The summed E-state index contributed by atoms with van der Waals surface area (Å²) in [6.07, 6.45) is 7.46. The predicted octanol–water partition coefficient (Wildman–Crippen LogP) is 2.52. The van der Waals surface area contributed by atoms with Crippen LogP contribution in [0.15, 0.2) is 18.3 Å². The first-order valence-electron chi connectivity index (χ1n) is 12.5. The van der Waals surface area contributed by atoms with E-state index in [0.717, 1.165) is 25.8 Å². The Morgan fingerprint density at radius 3 is 2.65 bits per heavy atom. The summed E-state index contributed by atoms with van der Waals surface area (Å²) in [6.45, 7) is 4.65. The molecule has 0 aromatic carbocycles. The number of rotatable bonds is 8. The molecule has 9 heteroatoms. The Bertz CT molecular complexity index is 916. The van der Waals surface area contributed by atoms with Gasteiger partial charge in [0, 0.05) is 31.9 Å². The molecule has 0 saturated carbocycles. The topological polar surface area (TPSA) is 95.1 Å². The van der Waals surface area contributed by atoms with E-state index in [0.29, 0.717) is 56.4 Å². The number of aromatic nitrogens is 1. The molecule has 3 saturated heterocycles. The predicted molar refractivity (Wildman–Crippen MR) is 128 cm³/mol. The average Bonchev–Trinajstić information content (AvgIpc) is 3.37. The Morgan fingerprint density at radius 1 is 1.24 bits per heavy atom. The molecule has 1 aromatic heterocycles. The number of hydrogen-bond donors (Lipinski definition) is 1. The van der Waals surface area contributed by atoms with Gasteiger partial charge in [0.15, 0.2) is 0 Å². The van der Waals surface area contributed by atoms with E-state index in [1.54, 1.807) is 23.2 Å². The molecule has 1 aromatic rings. The van der Waals surface area contributed by atoms with Crippen LogP contribution >= 0.6 is 0 Å². The number of nitrogens with one attached hydrogen (secondary N) is 1. The number of nitrogens with zero attached hydrogens (tertiary/aromatic N) is 4. The van der Waals surface area contributed by atoms with Crippen LogP contribution in [0.25, 0.3) is 0 Å². The van der Waals surface area contributed by atoms with Crippen LogP contribution in [0.5, 0.6) is 5.88 Å². The van der Waals surface area contributed by atoms with Crippen LogP contribution in [-0.4, -0.2) is 89.4 Å². The molecule has 3 aliphatic rings. The van der Waals surface area contributed by atoms with E-state index in [2.05, 4.69) is 22.2 Å². The molecule has 3 fully saturated rings. The Balaban J connectivity index is 1.43. The van der Waals surface area contributed by atoms with Gasteiger partial charge in [0.2, 0.25) is 5.88 Å². The first-order chi connectivity index (χ1) is 16.4. The third-order valence-electron chi connectivity index (χ3n) is 7.88. The first-order valence-corrected chi connectivity index (χ1v) is 12.5. The SMILES string of the molecule is CCC[C@]1(C2CCN(C(=O)c3cccnc3OC)CC2)NC(=O)N(CC[C@H]2CCCN2C)C1=O. The highest BCUT2D eigenvalue weighted by Gasteiger charge is 2.55. The van der Waals surface area contributed by atoms with Gasteiger partial charge in [-0.05, 0) is 70.2 Å². The lowest BCUT2D eigenvalue weighted by molar-refractivity contribution is -0.134. The first kappa shape index (κ1) is 24.4. The van der Waals surface area contributed by atoms with Gasteiger partial charge < -0.3 is 19.9 Å². The van der Waals surface area contributed by atoms with Crippen molar-refractivity contribution in [2.24, 2.45) is 5.92 Å². The molecule has 2 atom stereocenters. The molecule has 0 radical (unpaired) electrons. The van der Waals surface area contributed by atoms with Gasteiger partial charge in [0.25, 0.3) is 11.8 Å². The zero-order chi connectivity index (χ0) is 24.3. The second-order valence-electron chi connectivity index (χ2n) is 9.80. The van der Waals surface area contributed by atoms with Gasteiger partial charge in [-0.3, -0.25) is 14.5 Å². The number of methoxy groups -OCH3 is 1. The molecular formula is C25H37N5O4. The highest BCUT2D eigenvalue weighted by Crippen LogP contribution is 2.38. The molecule has 4 amide bonds. The number of amides is 4. The summed E-state index contributed by atoms with van der Waals surface area (Å²) in [7, 11) is 3.62. The van der Waals surface area contributed by atoms with Gasteiger partial charge in [-0.25, -0.2) is 9.78 Å². The molecule has 0 bridgehead atoms. The van der Waals surface area contributed by atoms with E-state index in [1.165, 1.54) is 18.4 Å².